The molecule has 0 bridgehead atoms. The van der Waals surface area contributed by atoms with Gasteiger partial charge in [-0.1, -0.05) is 12.1 Å². The van der Waals surface area contributed by atoms with Crippen molar-refractivity contribution in [1.29, 1.82) is 0 Å². The molecule has 1 heterocycles. The van der Waals surface area contributed by atoms with Crippen molar-refractivity contribution in [3.63, 3.8) is 0 Å². The summed E-state index contributed by atoms with van der Waals surface area (Å²) in [6.07, 6.45) is 0.454. The quantitative estimate of drug-likeness (QED) is 0.891. The predicted molar refractivity (Wildman–Crippen MR) is 75.3 cm³/mol. The molecule has 5 nitrogen and oxygen atoms in total. The van der Waals surface area contributed by atoms with Crippen LogP contribution >= 0.6 is 0 Å². The molecule has 0 spiro atoms. The second-order valence-electron chi connectivity index (χ2n) is 5.17. The summed E-state index contributed by atoms with van der Waals surface area (Å²) in [6, 6.07) is 6.72. The number of benzene rings is 1. The predicted octanol–water partition coefficient (Wildman–Crippen LogP) is 1.87. The standard InChI is InChI=1S/C15H21NO4/c1-11-9-16(10-12(2)20-11)7-8-19-14-6-4-3-5-13(14)15(17)18/h3-6,11-12H,7-10H2,1-2H3,(H,17,18)/t11-,12-/m0/s1. The first kappa shape index (κ1) is 14.8. The van der Waals surface area contributed by atoms with Gasteiger partial charge in [0.05, 0.1) is 12.2 Å². The van der Waals surface area contributed by atoms with Crippen LogP contribution in [0.1, 0.15) is 24.2 Å². The zero-order valence-electron chi connectivity index (χ0n) is 11.9. The van der Waals surface area contributed by atoms with Crippen LogP contribution in [0, 0.1) is 0 Å². The number of morpholine rings is 1. The molecule has 1 fully saturated rings. The highest BCUT2D eigenvalue weighted by Gasteiger charge is 2.21. The number of para-hydroxylation sites is 1. The fraction of sp³-hybridized carbons (Fsp3) is 0.533. The Balaban J connectivity index is 1.85. The first-order chi connectivity index (χ1) is 9.56. The van der Waals surface area contributed by atoms with Crippen LogP contribution < -0.4 is 4.74 Å². The lowest BCUT2D eigenvalue weighted by Crippen LogP contribution is -2.46. The number of aromatic carboxylic acids is 1. The highest BCUT2D eigenvalue weighted by atomic mass is 16.5. The van der Waals surface area contributed by atoms with E-state index in [1.807, 2.05) is 0 Å². The van der Waals surface area contributed by atoms with Crippen LogP contribution in [0.3, 0.4) is 0 Å². The lowest BCUT2D eigenvalue weighted by molar-refractivity contribution is -0.0699. The maximum Gasteiger partial charge on any atom is 0.339 e. The highest BCUT2D eigenvalue weighted by Crippen LogP contribution is 2.18. The molecule has 0 amide bonds. The SMILES string of the molecule is C[C@H]1CN(CCOc2ccccc2C(=O)O)C[C@H](C)O1. The van der Waals surface area contributed by atoms with E-state index in [2.05, 4.69) is 18.7 Å². The normalized spacial score (nSPS) is 23.5. The molecule has 20 heavy (non-hydrogen) atoms. The molecule has 1 saturated heterocycles. The lowest BCUT2D eigenvalue weighted by atomic mass is 10.2. The van der Waals surface area contributed by atoms with Gasteiger partial charge in [-0.2, -0.15) is 0 Å². The summed E-state index contributed by atoms with van der Waals surface area (Å²) in [5.41, 5.74) is 0.205. The Morgan fingerprint density at radius 3 is 2.65 bits per heavy atom. The van der Waals surface area contributed by atoms with E-state index in [1.165, 1.54) is 0 Å². The van der Waals surface area contributed by atoms with Crippen LogP contribution in [0.25, 0.3) is 0 Å². The van der Waals surface area contributed by atoms with Gasteiger partial charge < -0.3 is 14.6 Å². The van der Waals surface area contributed by atoms with E-state index in [4.69, 9.17) is 14.6 Å². The molecule has 0 saturated carbocycles. The second-order valence-corrected chi connectivity index (χ2v) is 5.17. The van der Waals surface area contributed by atoms with Crippen LogP contribution in [0.2, 0.25) is 0 Å². The fourth-order valence-electron chi connectivity index (χ4n) is 2.52. The molecular weight excluding hydrogens is 258 g/mol. The Labute approximate surface area is 119 Å². The number of hydrogen-bond acceptors (Lipinski definition) is 4. The minimum Gasteiger partial charge on any atom is -0.491 e. The molecule has 1 aromatic carbocycles. The van der Waals surface area contributed by atoms with Gasteiger partial charge in [-0.05, 0) is 26.0 Å². The monoisotopic (exact) mass is 279 g/mol. The second kappa shape index (κ2) is 6.72. The van der Waals surface area contributed by atoms with E-state index in [0.717, 1.165) is 19.6 Å². The molecule has 0 unspecified atom stereocenters. The fourth-order valence-corrected chi connectivity index (χ4v) is 2.52. The molecule has 2 rings (SSSR count). The van der Waals surface area contributed by atoms with Crippen molar-refractivity contribution in [2.45, 2.75) is 26.1 Å². The van der Waals surface area contributed by atoms with Crippen molar-refractivity contribution in [3.8, 4) is 5.75 Å². The van der Waals surface area contributed by atoms with E-state index in [0.29, 0.717) is 12.4 Å². The average Bonchev–Trinajstić information content (AvgIpc) is 2.38. The number of rotatable bonds is 5. The lowest BCUT2D eigenvalue weighted by Gasteiger charge is -2.35. The Hall–Kier alpha value is -1.59. The third kappa shape index (κ3) is 3.95. The molecule has 0 aromatic heterocycles. The number of ether oxygens (including phenoxy) is 2. The molecule has 5 heteroatoms. The van der Waals surface area contributed by atoms with Crippen LogP contribution in [-0.2, 0) is 4.74 Å². The molecule has 2 atom stereocenters. The van der Waals surface area contributed by atoms with Gasteiger partial charge in [0.2, 0.25) is 0 Å². The summed E-state index contributed by atoms with van der Waals surface area (Å²) < 4.78 is 11.3. The van der Waals surface area contributed by atoms with Gasteiger partial charge in [0.1, 0.15) is 17.9 Å². The van der Waals surface area contributed by atoms with Crippen LogP contribution in [0.5, 0.6) is 5.75 Å². The first-order valence-electron chi connectivity index (χ1n) is 6.89. The van der Waals surface area contributed by atoms with Gasteiger partial charge >= 0.3 is 5.97 Å². The molecule has 0 radical (unpaired) electrons. The van der Waals surface area contributed by atoms with Gasteiger partial charge in [-0.25, -0.2) is 4.79 Å². The summed E-state index contributed by atoms with van der Waals surface area (Å²) in [7, 11) is 0. The van der Waals surface area contributed by atoms with Gasteiger partial charge in [-0.15, -0.1) is 0 Å². The van der Waals surface area contributed by atoms with E-state index in [-0.39, 0.29) is 17.8 Å². The smallest absolute Gasteiger partial charge is 0.339 e. The topological polar surface area (TPSA) is 59.0 Å². The summed E-state index contributed by atoms with van der Waals surface area (Å²) in [5, 5.41) is 9.08. The van der Waals surface area contributed by atoms with Gasteiger partial charge in [0.25, 0.3) is 0 Å². The Bertz CT molecular complexity index is 453. The van der Waals surface area contributed by atoms with E-state index < -0.39 is 5.97 Å². The number of nitrogens with zero attached hydrogens (tertiary/aromatic N) is 1. The zero-order valence-corrected chi connectivity index (χ0v) is 11.9. The Kier molecular flexibility index (Phi) is 4.98. The third-order valence-electron chi connectivity index (χ3n) is 3.28. The van der Waals surface area contributed by atoms with Crippen molar-refractivity contribution >= 4 is 5.97 Å². The van der Waals surface area contributed by atoms with Crippen molar-refractivity contribution in [2.75, 3.05) is 26.2 Å². The highest BCUT2D eigenvalue weighted by molar-refractivity contribution is 5.90. The van der Waals surface area contributed by atoms with Crippen LogP contribution in [0.4, 0.5) is 0 Å². The number of carbonyl (C=O) groups is 1. The van der Waals surface area contributed by atoms with Crippen molar-refractivity contribution in [3.05, 3.63) is 29.8 Å². The zero-order chi connectivity index (χ0) is 14.5. The van der Waals surface area contributed by atoms with E-state index in [1.54, 1.807) is 24.3 Å². The molecule has 0 aliphatic carbocycles. The minimum atomic E-state index is -0.964. The number of carboxylic acid groups (broad SMARTS) is 1. The molecule has 110 valence electrons. The van der Waals surface area contributed by atoms with Gasteiger partial charge in [0.15, 0.2) is 0 Å². The summed E-state index contributed by atoms with van der Waals surface area (Å²) in [6.45, 7) is 7.13. The molecular formula is C15H21NO4. The third-order valence-corrected chi connectivity index (χ3v) is 3.28. The largest absolute Gasteiger partial charge is 0.491 e. The molecule has 1 aromatic rings. The molecule has 1 aliphatic rings. The Morgan fingerprint density at radius 2 is 2.00 bits per heavy atom. The first-order valence-corrected chi connectivity index (χ1v) is 6.89. The van der Waals surface area contributed by atoms with E-state index in [9.17, 15) is 4.79 Å². The van der Waals surface area contributed by atoms with Crippen molar-refractivity contribution < 1.29 is 19.4 Å². The Morgan fingerprint density at radius 1 is 1.35 bits per heavy atom. The van der Waals surface area contributed by atoms with Gasteiger partial charge in [-0.3, -0.25) is 4.90 Å². The van der Waals surface area contributed by atoms with Crippen molar-refractivity contribution in [2.24, 2.45) is 0 Å². The maximum atomic E-state index is 11.1. The van der Waals surface area contributed by atoms with Crippen molar-refractivity contribution in [1.82, 2.24) is 4.90 Å². The summed E-state index contributed by atoms with van der Waals surface area (Å²) in [4.78, 5) is 13.3. The molecule has 1 N–H and O–H groups in total. The summed E-state index contributed by atoms with van der Waals surface area (Å²) >= 11 is 0. The minimum absolute atomic E-state index is 0.205. The van der Waals surface area contributed by atoms with Crippen LogP contribution in [0.15, 0.2) is 24.3 Å². The average molecular weight is 279 g/mol. The number of carboxylic acids is 1. The van der Waals surface area contributed by atoms with Crippen LogP contribution in [-0.4, -0.2) is 54.4 Å². The van der Waals surface area contributed by atoms with E-state index >= 15 is 0 Å². The van der Waals surface area contributed by atoms with Gasteiger partial charge in [0, 0.05) is 19.6 Å². The molecule has 1 aliphatic heterocycles. The summed E-state index contributed by atoms with van der Waals surface area (Å²) in [5.74, 6) is -0.538. The number of hydrogen-bond donors (Lipinski definition) is 1. The maximum absolute atomic E-state index is 11.1.